The molecular weight excluding hydrogens is 418 g/mol. The molecule has 1 aliphatic rings. The van der Waals surface area contributed by atoms with E-state index in [1.807, 2.05) is 36.4 Å². The van der Waals surface area contributed by atoms with E-state index in [2.05, 4.69) is 29.2 Å². The van der Waals surface area contributed by atoms with Gasteiger partial charge in [0.1, 0.15) is 10.9 Å². The summed E-state index contributed by atoms with van der Waals surface area (Å²) in [6.07, 6.45) is 1.17. The Balaban J connectivity index is 1.67. The van der Waals surface area contributed by atoms with Crippen LogP contribution in [0.2, 0.25) is 5.02 Å². The summed E-state index contributed by atoms with van der Waals surface area (Å²) in [6, 6.07) is 26.8. The van der Waals surface area contributed by atoms with Crippen molar-refractivity contribution < 1.29 is 13.5 Å². The number of aliphatic hydroxyl groups is 1. The number of hydrogen-bond acceptors (Lipinski definition) is 4. The Labute approximate surface area is 182 Å². The molecule has 4 nitrogen and oxygen atoms in total. The largest absolute Gasteiger partial charge is 0.385 e. The van der Waals surface area contributed by atoms with E-state index in [1.54, 1.807) is 24.3 Å². The molecule has 0 spiro atoms. The van der Waals surface area contributed by atoms with Gasteiger partial charge in [-0.15, -0.1) is 0 Å². The molecule has 6 heteroatoms. The quantitative estimate of drug-likeness (QED) is 0.620. The second kappa shape index (κ2) is 8.16. The topological polar surface area (TPSA) is 57.6 Å². The maximum Gasteiger partial charge on any atom is 0.157 e. The summed E-state index contributed by atoms with van der Waals surface area (Å²) in [5.41, 5.74) is 1.33. The van der Waals surface area contributed by atoms with E-state index in [9.17, 15) is 13.5 Å². The van der Waals surface area contributed by atoms with Gasteiger partial charge in [0, 0.05) is 24.4 Å². The molecule has 1 N–H and O–H groups in total. The lowest BCUT2D eigenvalue weighted by molar-refractivity contribution is -0.112. The van der Waals surface area contributed by atoms with Gasteiger partial charge in [0.2, 0.25) is 0 Å². The van der Waals surface area contributed by atoms with Crippen LogP contribution in [-0.4, -0.2) is 43.4 Å². The molecule has 1 heterocycles. The highest BCUT2D eigenvalue weighted by Gasteiger charge is 2.54. The normalized spacial score (nSPS) is 17.5. The molecule has 0 saturated carbocycles. The van der Waals surface area contributed by atoms with Gasteiger partial charge in [-0.3, -0.25) is 4.90 Å². The lowest BCUT2D eigenvalue weighted by Crippen LogP contribution is -2.66. The second-order valence-corrected chi connectivity index (χ2v) is 10.6. The van der Waals surface area contributed by atoms with Gasteiger partial charge in [-0.25, -0.2) is 8.42 Å². The van der Waals surface area contributed by atoms with E-state index < -0.39 is 20.7 Å². The Bertz CT molecular complexity index is 1070. The van der Waals surface area contributed by atoms with Gasteiger partial charge in [-0.1, -0.05) is 84.4 Å². The van der Waals surface area contributed by atoms with Crippen LogP contribution in [0.1, 0.15) is 28.0 Å². The van der Waals surface area contributed by atoms with E-state index in [0.717, 1.165) is 11.1 Å². The van der Waals surface area contributed by atoms with Gasteiger partial charge in [-0.2, -0.15) is 0 Å². The summed E-state index contributed by atoms with van der Waals surface area (Å²) in [4.78, 5) is 2.12. The van der Waals surface area contributed by atoms with Crippen LogP contribution >= 0.6 is 11.6 Å². The number of hydrogen-bond donors (Lipinski definition) is 1. The first-order valence-corrected chi connectivity index (χ1v) is 12.1. The zero-order chi connectivity index (χ0) is 21.4. The summed E-state index contributed by atoms with van der Waals surface area (Å²) >= 11 is 6.10. The molecule has 30 heavy (non-hydrogen) atoms. The van der Waals surface area contributed by atoms with Crippen molar-refractivity contribution in [2.75, 3.05) is 19.3 Å². The fraction of sp³-hybridized carbons (Fsp3) is 0.250. The SMILES string of the molecule is CS(=O)(=O)C(c1cccc(Cl)c1)C1(O)CN(C(c2ccccc2)c2ccccc2)C1. The number of likely N-dealkylation sites (tertiary alicyclic amines) is 1. The highest BCUT2D eigenvalue weighted by Crippen LogP contribution is 2.44. The van der Waals surface area contributed by atoms with Gasteiger partial charge in [0.05, 0.1) is 6.04 Å². The van der Waals surface area contributed by atoms with Crippen LogP contribution < -0.4 is 0 Å². The molecule has 1 unspecified atom stereocenters. The molecule has 1 saturated heterocycles. The monoisotopic (exact) mass is 441 g/mol. The fourth-order valence-electron chi connectivity index (χ4n) is 4.52. The minimum atomic E-state index is -3.57. The predicted octanol–water partition coefficient (Wildman–Crippen LogP) is 4.26. The maximum atomic E-state index is 12.7. The Hall–Kier alpha value is -2.18. The lowest BCUT2D eigenvalue weighted by atomic mass is 9.83. The highest BCUT2D eigenvalue weighted by atomic mass is 35.5. The maximum absolute atomic E-state index is 12.7. The van der Waals surface area contributed by atoms with Gasteiger partial charge in [-0.05, 0) is 28.8 Å². The molecule has 0 radical (unpaired) electrons. The van der Waals surface area contributed by atoms with E-state index >= 15 is 0 Å². The summed E-state index contributed by atoms with van der Waals surface area (Å²) in [6.45, 7) is 0.484. The third-order valence-electron chi connectivity index (χ3n) is 5.62. The van der Waals surface area contributed by atoms with Crippen LogP contribution in [0, 0.1) is 0 Å². The number of rotatable bonds is 6. The first kappa shape index (κ1) is 21.1. The third-order valence-corrected chi connectivity index (χ3v) is 7.42. The molecule has 1 atom stereocenters. The Morgan fingerprint density at radius 3 is 1.83 bits per heavy atom. The molecule has 0 bridgehead atoms. The molecule has 0 aliphatic carbocycles. The summed E-state index contributed by atoms with van der Waals surface area (Å²) < 4.78 is 25.4. The van der Waals surface area contributed by atoms with Crippen LogP contribution in [0.4, 0.5) is 0 Å². The smallest absolute Gasteiger partial charge is 0.157 e. The first-order valence-electron chi connectivity index (χ1n) is 9.79. The molecular formula is C24H24ClNO3S. The predicted molar refractivity (Wildman–Crippen MR) is 120 cm³/mol. The average Bonchev–Trinajstić information content (AvgIpc) is 2.68. The van der Waals surface area contributed by atoms with Crippen molar-refractivity contribution >= 4 is 21.4 Å². The Morgan fingerprint density at radius 2 is 1.37 bits per heavy atom. The minimum Gasteiger partial charge on any atom is -0.385 e. The van der Waals surface area contributed by atoms with Crippen LogP contribution in [0.25, 0.3) is 0 Å². The number of halogens is 1. The van der Waals surface area contributed by atoms with E-state index in [0.29, 0.717) is 10.6 Å². The Kier molecular flexibility index (Phi) is 5.73. The molecule has 1 fully saturated rings. The van der Waals surface area contributed by atoms with Gasteiger partial charge in [0.25, 0.3) is 0 Å². The molecule has 3 aromatic rings. The van der Waals surface area contributed by atoms with E-state index in [4.69, 9.17) is 11.6 Å². The molecule has 156 valence electrons. The van der Waals surface area contributed by atoms with Crippen molar-refractivity contribution in [2.24, 2.45) is 0 Å². The molecule has 1 aliphatic heterocycles. The van der Waals surface area contributed by atoms with Crippen molar-refractivity contribution in [3.8, 4) is 0 Å². The van der Waals surface area contributed by atoms with Crippen LogP contribution in [0.5, 0.6) is 0 Å². The van der Waals surface area contributed by atoms with Gasteiger partial charge >= 0.3 is 0 Å². The van der Waals surface area contributed by atoms with Crippen molar-refractivity contribution in [1.29, 1.82) is 0 Å². The van der Waals surface area contributed by atoms with Crippen molar-refractivity contribution in [3.05, 3.63) is 107 Å². The number of benzene rings is 3. The number of nitrogens with zero attached hydrogens (tertiary/aromatic N) is 1. The second-order valence-electron chi connectivity index (χ2n) is 8.00. The third kappa shape index (κ3) is 4.16. The Morgan fingerprint density at radius 1 is 0.867 bits per heavy atom. The van der Waals surface area contributed by atoms with Crippen LogP contribution in [0.3, 0.4) is 0 Å². The number of sulfone groups is 1. The fourth-order valence-corrected chi connectivity index (χ4v) is 6.30. The summed E-state index contributed by atoms with van der Waals surface area (Å²) in [5.74, 6) is 0. The summed E-state index contributed by atoms with van der Waals surface area (Å²) in [7, 11) is -3.57. The van der Waals surface area contributed by atoms with Crippen LogP contribution in [0.15, 0.2) is 84.9 Å². The van der Waals surface area contributed by atoms with E-state index in [1.165, 1.54) is 6.26 Å². The minimum absolute atomic E-state index is 0.0627. The standard InChI is InChI=1S/C24H24ClNO3S/c1-30(28,29)23(20-13-8-14-21(25)15-20)24(27)16-26(17-24)22(18-9-4-2-5-10-18)19-11-6-3-7-12-19/h2-15,22-23,27H,16-17H2,1H3. The lowest BCUT2D eigenvalue weighted by Gasteiger charge is -2.53. The van der Waals surface area contributed by atoms with Crippen LogP contribution in [-0.2, 0) is 9.84 Å². The highest BCUT2D eigenvalue weighted by molar-refractivity contribution is 7.91. The van der Waals surface area contributed by atoms with Crippen molar-refractivity contribution in [3.63, 3.8) is 0 Å². The average molecular weight is 442 g/mol. The molecule has 4 rings (SSSR count). The zero-order valence-electron chi connectivity index (χ0n) is 16.6. The van der Waals surface area contributed by atoms with Crippen molar-refractivity contribution in [1.82, 2.24) is 4.90 Å². The first-order chi connectivity index (χ1) is 14.3. The molecule has 0 aromatic heterocycles. The van der Waals surface area contributed by atoms with Crippen molar-refractivity contribution in [2.45, 2.75) is 16.9 Å². The van der Waals surface area contributed by atoms with Gasteiger partial charge < -0.3 is 5.11 Å². The molecule has 0 amide bonds. The molecule has 3 aromatic carbocycles. The summed E-state index contributed by atoms with van der Waals surface area (Å²) in [5, 5.41) is 10.8. The zero-order valence-corrected chi connectivity index (χ0v) is 18.2. The van der Waals surface area contributed by atoms with Gasteiger partial charge in [0.15, 0.2) is 9.84 Å². The van der Waals surface area contributed by atoms with E-state index in [-0.39, 0.29) is 19.1 Å². The number of β-amino-alcohol motifs (C(OH)–C–C–N with tert-alkyl or cyclic N) is 1.